The third-order valence-electron chi connectivity index (χ3n) is 4.41. The quantitative estimate of drug-likeness (QED) is 0.577. The third-order valence-corrected chi connectivity index (χ3v) is 4.80. The van der Waals surface area contributed by atoms with Crippen molar-refractivity contribution in [2.45, 2.75) is 57.5 Å². The summed E-state index contributed by atoms with van der Waals surface area (Å²) in [6, 6.07) is 0. The Morgan fingerprint density at radius 3 is 2.47 bits per heavy atom. The second kappa shape index (κ2) is 6.66. The van der Waals surface area contributed by atoms with Crippen molar-refractivity contribution < 1.29 is 9.53 Å². The summed E-state index contributed by atoms with van der Waals surface area (Å²) in [5.74, 6) is -0.0153. The van der Waals surface area contributed by atoms with Crippen molar-refractivity contribution in [3.05, 3.63) is 0 Å². The van der Waals surface area contributed by atoms with Gasteiger partial charge >= 0.3 is 0 Å². The summed E-state index contributed by atoms with van der Waals surface area (Å²) in [5.41, 5.74) is 5.12. The van der Waals surface area contributed by atoms with E-state index < -0.39 is 5.41 Å². The molecule has 0 heterocycles. The molecule has 0 aromatic rings. The van der Waals surface area contributed by atoms with Gasteiger partial charge in [0.25, 0.3) is 0 Å². The Hall–Kier alpha value is -0.680. The van der Waals surface area contributed by atoms with Gasteiger partial charge in [-0.25, -0.2) is 0 Å². The molecule has 1 amide bonds. The number of rotatable bonds is 6. The van der Waals surface area contributed by atoms with Crippen LogP contribution in [0.1, 0.15) is 51.4 Å². The molecule has 2 rings (SSSR count). The predicted molar refractivity (Wildman–Crippen MR) is 78.9 cm³/mol. The lowest BCUT2D eigenvalue weighted by Gasteiger charge is -2.39. The first kappa shape index (κ1) is 14.7. The van der Waals surface area contributed by atoms with Crippen molar-refractivity contribution in [2.75, 3.05) is 13.2 Å². The molecule has 0 aliphatic heterocycles. The minimum atomic E-state index is -0.569. The van der Waals surface area contributed by atoms with Crippen molar-refractivity contribution >= 4 is 23.1 Å². The normalized spacial score (nSPS) is 22.5. The number of carbonyl (C=O) groups excluding carboxylic acids is 1. The molecule has 0 unspecified atom stereocenters. The van der Waals surface area contributed by atoms with Gasteiger partial charge in [-0.2, -0.15) is 0 Å². The van der Waals surface area contributed by atoms with E-state index in [1.165, 1.54) is 19.3 Å². The fourth-order valence-electron chi connectivity index (χ4n) is 2.91. The summed E-state index contributed by atoms with van der Waals surface area (Å²) >= 11 is 5.02. The highest BCUT2D eigenvalue weighted by Gasteiger charge is 2.46. The van der Waals surface area contributed by atoms with E-state index in [0.29, 0.717) is 24.2 Å². The van der Waals surface area contributed by atoms with Crippen LogP contribution >= 0.6 is 12.2 Å². The maximum Gasteiger partial charge on any atom is 0.233 e. The van der Waals surface area contributed by atoms with Crippen molar-refractivity contribution in [2.24, 2.45) is 11.1 Å². The second-order valence-corrected chi connectivity index (χ2v) is 6.13. The molecular weight excluding hydrogens is 260 g/mol. The van der Waals surface area contributed by atoms with Crippen LogP contribution in [0.3, 0.4) is 0 Å². The second-order valence-electron chi connectivity index (χ2n) is 5.69. The van der Waals surface area contributed by atoms with Crippen LogP contribution in [-0.4, -0.2) is 30.2 Å². The highest BCUT2D eigenvalue weighted by molar-refractivity contribution is 7.80. The Morgan fingerprint density at radius 2 is 1.95 bits per heavy atom. The fourth-order valence-corrected chi connectivity index (χ4v) is 3.20. The molecule has 2 aliphatic carbocycles. The summed E-state index contributed by atoms with van der Waals surface area (Å²) in [4.78, 5) is 12.4. The van der Waals surface area contributed by atoms with E-state index >= 15 is 0 Å². The van der Waals surface area contributed by atoms with E-state index in [9.17, 15) is 4.79 Å². The first-order chi connectivity index (χ1) is 9.15. The van der Waals surface area contributed by atoms with Crippen LogP contribution in [0, 0.1) is 5.41 Å². The molecule has 2 fully saturated rings. The number of amides is 1. The van der Waals surface area contributed by atoms with Crippen LogP contribution in [0.2, 0.25) is 0 Å². The van der Waals surface area contributed by atoms with Gasteiger partial charge in [-0.3, -0.25) is 4.79 Å². The summed E-state index contributed by atoms with van der Waals surface area (Å²) in [7, 11) is 0. The SMILES string of the molecule is NC(=S)C1(C(=O)NCCOC2CCCCC2)CCC1. The first-order valence-electron chi connectivity index (χ1n) is 7.35. The van der Waals surface area contributed by atoms with E-state index in [1.54, 1.807) is 0 Å². The Labute approximate surface area is 120 Å². The number of thiocarbonyl (C=S) groups is 1. The average Bonchev–Trinajstić information content (AvgIpc) is 2.34. The van der Waals surface area contributed by atoms with E-state index in [2.05, 4.69) is 5.32 Å². The number of ether oxygens (including phenoxy) is 1. The number of nitrogens with one attached hydrogen (secondary N) is 1. The maximum absolute atomic E-state index is 12.1. The molecule has 0 atom stereocenters. The lowest BCUT2D eigenvalue weighted by molar-refractivity contribution is -0.131. The van der Waals surface area contributed by atoms with Gasteiger partial charge in [-0.05, 0) is 25.7 Å². The van der Waals surface area contributed by atoms with Crippen LogP contribution < -0.4 is 11.1 Å². The molecule has 5 heteroatoms. The molecule has 3 N–H and O–H groups in total. The fraction of sp³-hybridized carbons (Fsp3) is 0.857. The number of nitrogens with two attached hydrogens (primary N) is 1. The molecule has 4 nitrogen and oxygen atoms in total. The Morgan fingerprint density at radius 1 is 1.26 bits per heavy atom. The Kier molecular flexibility index (Phi) is 5.16. The average molecular weight is 284 g/mol. The van der Waals surface area contributed by atoms with E-state index in [1.807, 2.05) is 0 Å². The summed E-state index contributed by atoms with van der Waals surface area (Å²) < 4.78 is 5.78. The van der Waals surface area contributed by atoms with Gasteiger partial charge in [0.15, 0.2) is 0 Å². The zero-order valence-electron chi connectivity index (χ0n) is 11.5. The predicted octanol–water partition coefficient (Wildman–Crippen LogP) is 1.91. The molecule has 0 bridgehead atoms. The van der Waals surface area contributed by atoms with Gasteiger partial charge in [-0.1, -0.05) is 37.9 Å². The highest BCUT2D eigenvalue weighted by atomic mass is 32.1. The third kappa shape index (κ3) is 3.45. The molecular formula is C14H24N2O2S. The zero-order chi connectivity index (χ0) is 13.7. The van der Waals surface area contributed by atoms with E-state index in [4.69, 9.17) is 22.7 Å². The summed E-state index contributed by atoms with van der Waals surface area (Å²) in [6.45, 7) is 1.14. The van der Waals surface area contributed by atoms with E-state index in [-0.39, 0.29) is 5.91 Å². The van der Waals surface area contributed by atoms with Gasteiger partial charge in [-0.15, -0.1) is 0 Å². The highest BCUT2D eigenvalue weighted by Crippen LogP contribution is 2.41. The smallest absolute Gasteiger partial charge is 0.233 e. The van der Waals surface area contributed by atoms with Gasteiger partial charge in [0.2, 0.25) is 5.91 Å². The molecule has 0 saturated heterocycles. The van der Waals surface area contributed by atoms with Gasteiger partial charge in [0.1, 0.15) is 0 Å². The van der Waals surface area contributed by atoms with Crippen molar-refractivity contribution in [1.29, 1.82) is 0 Å². The minimum absolute atomic E-state index is 0.0153. The molecule has 0 aromatic carbocycles. The molecule has 2 aliphatic rings. The van der Waals surface area contributed by atoms with Gasteiger partial charge < -0.3 is 15.8 Å². The lowest BCUT2D eigenvalue weighted by Crippen LogP contribution is -2.53. The monoisotopic (exact) mass is 284 g/mol. The Bertz CT molecular complexity index is 336. The standard InChI is InChI=1S/C14H24N2O2S/c15-12(19)14(7-4-8-14)13(17)16-9-10-18-11-5-2-1-3-6-11/h11H,1-10H2,(H2,15,19)(H,16,17). The zero-order valence-corrected chi connectivity index (χ0v) is 12.3. The first-order valence-corrected chi connectivity index (χ1v) is 7.76. The summed E-state index contributed by atoms with van der Waals surface area (Å²) in [5, 5.41) is 2.91. The van der Waals surface area contributed by atoms with Crippen molar-refractivity contribution in [3.8, 4) is 0 Å². The number of hydrogen-bond acceptors (Lipinski definition) is 3. The van der Waals surface area contributed by atoms with Gasteiger partial charge in [0.05, 0.1) is 23.1 Å². The molecule has 19 heavy (non-hydrogen) atoms. The van der Waals surface area contributed by atoms with Crippen LogP contribution in [0.15, 0.2) is 0 Å². The molecule has 108 valence electrons. The minimum Gasteiger partial charge on any atom is -0.392 e. The van der Waals surface area contributed by atoms with Crippen LogP contribution in [-0.2, 0) is 9.53 Å². The largest absolute Gasteiger partial charge is 0.392 e. The van der Waals surface area contributed by atoms with Crippen LogP contribution in [0.4, 0.5) is 0 Å². The molecule has 0 aromatic heterocycles. The van der Waals surface area contributed by atoms with E-state index in [0.717, 1.165) is 32.1 Å². The molecule has 0 radical (unpaired) electrons. The van der Waals surface area contributed by atoms with Crippen molar-refractivity contribution in [3.63, 3.8) is 0 Å². The van der Waals surface area contributed by atoms with Crippen molar-refractivity contribution in [1.82, 2.24) is 5.32 Å². The summed E-state index contributed by atoms with van der Waals surface area (Å²) in [6.07, 6.45) is 9.17. The number of hydrogen-bond donors (Lipinski definition) is 2. The lowest BCUT2D eigenvalue weighted by atomic mass is 9.68. The molecule has 0 spiro atoms. The van der Waals surface area contributed by atoms with Crippen LogP contribution in [0.25, 0.3) is 0 Å². The topological polar surface area (TPSA) is 64.4 Å². The van der Waals surface area contributed by atoms with Gasteiger partial charge in [0, 0.05) is 6.54 Å². The molecule has 2 saturated carbocycles. The maximum atomic E-state index is 12.1. The Balaban J connectivity index is 1.65. The number of carbonyl (C=O) groups is 1. The van der Waals surface area contributed by atoms with Crippen LogP contribution in [0.5, 0.6) is 0 Å².